The topological polar surface area (TPSA) is 110 Å². The molecule has 0 aromatic heterocycles. The summed E-state index contributed by atoms with van der Waals surface area (Å²) >= 11 is 3.75. The van der Waals surface area contributed by atoms with E-state index in [0.29, 0.717) is 48.0 Å². The fraction of sp³-hybridized carbons (Fsp3) is 0.212. The van der Waals surface area contributed by atoms with Gasteiger partial charge < -0.3 is 34.2 Å². The van der Waals surface area contributed by atoms with E-state index in [1.54, 1.807) is 32.4 Å². The highest BCUT2D eigenvalue weighted by Gasteiger charge is 2.14. The largest absolute Gasteiger partial charge is 0.493 e. The Morgan fingerprint density at radius 3 is 2.45 bits per heavy atom. The molecule has 8 nitrogen and oxygen atoms in total. The first-order valence-corrected chi connectivity index (χ1v) is 14.0. The minimum atomic E-state index is -0.684. The van der Waals surface area contributed by atoms with E-state index in [9.17, 15) is 15.2 Å². The maximum atomic E-state index is 11.2. The summed E-state index contributed by atoms with van der Waals surface area (Å²) in [6.45, 7) is 0.526. The summed E-state index contributed by atoms with van der Waals surface area (Å²) in [5.41, 5.74) is 5.07. The van der Waals surface area contributed by atoms with Gasteiger partial charge in [0.25, 0.3) is 0 Å². The number of nitrogens with zero attached hydrogens (tertiary/aromatic N) is 1. The lowest BCUT2D eigenvalue weighted by Crippen LogP contribution is -2.33. The highest BCUT2D eigenvalue weighted by atomic mass is 79.9. The molecule has 216 valence electrons. The fourth-order valence-corrected chi connectivity index (χ4v) is 4.88. The van der Waals surface area contributed by atoms with Crippen LogP contribution in [0.2, 0.25) is 0 Å². The van der Waals surface area contributed by atoms with Crippen LogP contribution in [-0.4, -0.2) is 38.3 Å². The second kappa shape index (κ2) is 15.0. The standard InChI is InChI=1S/C33H31BrN2O6/c1-39-30-12-10-24(14-32(30)40-2)29-8-4-7-26(33(29)34)21-41-28-11-9-25(17-36-27(18-37)19-38)31(15-28)42-20-23-6-3-5-22(13-23)16-35/h3-15,18,27,36,38H,17,19-21H2,1-2H3. The summed E-state index contributed by atoms with van der Waals surface area (Å²) in [5, 5.41) is 21.6. The summed E-state index contributed by atoms with van der Waals surface area (Å²) in [7, 11) is 3.21. The number of carbonyl (C=O) groups is 1. The van der Waals surface area contributed by atoms with Gasteiger partial charge in [-0.2, -0.15) is 5.26 Å². The predicted molar refractivity (Wildman–Crippen MR) is 163 cm³/mol. The Morgan fingerprint density at radius 1 is 0.905 bits per heavy atom. The molecule has 9 heteroatoms. The molecule has 0 spiro atoms. The molecule has 0 saturated carbocycles. The molecule has 0 bridgehead atoms. The maximum absolute atomic E-state index is 11.2. The molecule has 4 aromatic rings. The number of hydrogen-bond acceptors (Lipinski definition) is 8. The van der Waals surface area contributed by atoms with Gasteiger partial charge in [-0.25, -0.2) is 0 Å². The number of nitrogens with one attached hydrogen (secondary N) is 1. The average Bonchev–Trinajstić information content (AvgIpc) is 3.04. The van der Waals surface area contributed by atoms with Gasteiger partial charge in [0, 0.05) is 28.2 Å². The van der Waals surface area contributed by atoms with Crippen molar-refractivity contribution in [2.24, 2.45) is 0 Å². The highest BCUT2D eigenvalue weighted by Crippen LogP contribution is 2.37. The molecule has 4 rings (SSSR count). The lowest BCUT2D eigenvalue weighted by atomic mass is 10.0. The Hall–Kier alpha value is -4.36. The number of ether oxygens (including phenoxy) is 4. The van der Waals surface area contributed by atoms with Crippen LogP contribution < -0.4 is 24.3 Å². The minimum Gasteiger partial charge on any atom is -0.493 e. The molecule has 1 atom stereocenters. The van der Waals surface area contributed by atoms with Gasteiger partial charge in [0.2, 0.25) is 0 Å². The maximum Gasteiger partial charge on any atom is 0.161 e. The van der Waals surface area contributed by atoms with Crippen molar-refractivity contribution >= 4 is 22.2 Å². The molecule has 4 aromatic carbocycles. The minimum absolute atomic E-state index is 0.238. The van der Waals surface area contributed by atoms with E-state index in [4.69, 9.17) is 18.9 Å². The summed E-state index contributed by atoms with van der Waals surface area (Å²) in [6.07, 6.45) is 0.666. The van der Waals surface area contributed by atoms with Gasteiger partial charge in [-0.3, -0.25) is 0 Å². The summed E-state index contributed by atoms with van der Waals surface area (Å²) < 4.78 is 24.1. The Bertz CT molecular complexity index is 1570. The van der Waals surface area contributed by atoms with E-state index < -0.39 is 6.04 Å². The summed E-state index contributed by atoms with van der Waals surface area (Å²) in [6, 6.07) is 25.9. The molecule has 2 N–H and O–H groups in total. The fourth-order valence-electron chi connectivity index (χ4n) is 4.27. The number of rotatable bonds is 14. The second-order valence-electron chi connectivity index (χ2n) is 9.31. The first-order valence-electron chi connectivity index (χ1n) is 13.2. The summed E-state index contributed by atoms with van der Waals surface area (Å²) in [5.74, 6) is 2.45. The molecule has 0 fully saturated rings. The molecule has 0 heterocycles. The van der Waals surface area contributed by atoms with Crippen molar-refractivity contribution in [2.75, 3.05) is 20.8 Å². The molecule has 0 radical (unpaired) electrons. The van der Waals surface area contributed by atoms with Crippen LogP contribution in [0.15, 0.2) is 83.3 Å². The number of nitriles is 1. The molecule has 0 aliphatic carbocycles. The molecular weight excluding hydrogens is 600 g/mol. The summed E-state index contributed by atoms with van der Waals surface area (Å²) in [4.78, 5) is 11.2. The van der Waals surface area contributed by atoms with Crippen molar-refractivity contribution in [2.45, 2.75) is 25.8 Å². The van der Waals surface area contributed by atoms with E-state index in [1.165, 1.54) is 0 Å². The van der Waals surface area contributed by atoms with Crippen molar-refractivity contribution < 1.29 is 28.8 Å². The van der Waals surface area contributed by atoms with Gasteiger partial charge in [0.1, 0.15) is 31.0 Å². The third-order valence-electron chi connectivity index (χ3n) is 6.57. The third-order valence-corrected chi connectivity index (χ3v) is 7.51. The van der Waals surface area contributed by atoms with Crippen LogP contribution in [0.25, 0.3) is 11.1 Å². The van der Waals surface area contributed by atoms with Gasteiger partial charge in [0.15, 0.2) is 11.5 Å². The van der Waals surface area contributed by atoms with Crippen LogP contribution >= 0.6 is 15.9 Å². The zero-order valence-corrected chi connectivity index (χ0v) is 24.9. The van der Waals surface area contributed by atoms with E-state index in [2.05, 4.69) is 27.3 Å². The van der Waals surface area contributed by atoms with E-state index in [0.717, 1.165) is 32.3 Å². The highest BCUT2D eigenvalue weighted by molar-refractivity contribution is 9.10. The lowest BCUT2D eigenvalue weighted by Gasteiger charge is -2.17. The van der Waals surface area contributed by atoms with Gasteiger partial charge in [-0.05, 0) is 63.0 Å². The lowest BCUT2D eigenvalue weighted by molar-refractivity contribution is -0.110. The van der Waals surface area contributed by atoms with E-state index >= 15 is 0 Å². The van der Waals surface area contributed by atoms with Crippen molar-refractivity contribution in [1.29, 1.82) is 5.26 Å². The van der Waals surface area contributed by atoms with Crippen molar-refractivity contribution in [3.05, 3.63) is 106 Å². The van der Waals surface area contributed by atoms with Crippen LogP contribution in [-0.2, 0) is 24.6 Å². The number of aliphatic hydroxyl groups excluding tert-OH is 1. The number of carbonyl (C=O) groups excluding carboxylic acids is 1. The zero-order chi connectivity index (χ0) is 29.9. The zero-order valence-electron chi connectivity index (χ0n) is 23.3. The molecule has 0 aliphatic heterocycles. The van der Waals surface area contributed by atoms with Crippen LogP contribution in [0, 0.1) is 11.3 Å². The second-order valence-corrected chi connectivity index (χ2v) is 10.1. The molecule has 0 amide bonds. The van der Waals surface area contributed by atoms with Crippen LogP contribution in [0.5, 0.6) is 23.0 Å². The number of halogens is 1. The van der Waals surface area contributed by atoms with Crippen molar-refractivity contribution in [3.63, 3.8) is 0 Å². The number of methoxy groups -OCH3 is 2. The molecular formula is C33H31BrN2O6. The molecule has 0 aliphatic rings. The normalized spacial score (nSPS) is 11.3. The predicted octanol–water partition coefficient (Wildman–Crippen LogP) is 5.81. The van der Waals surface area contributed by atoms with Gasteiger partial charge in [0.05, 0.1) is 38.5 Å². The number of hydrogen-bond donors (Lipinski definition) is 2. The van der Waals surface area contributed by atoms with Crippen LogP contribution in [0.3, 0.4) is 0 Å². The molecule has 42 heavy (non-hydrogen) atoms. The Kier molecular flexibility index (Phi) is 11.0. The first-order chi connectivity index (χ1) is 20.5. The number of aldehydes is 1. The van der Waals surface area contributed by atoms with Crippen molar-refractivity contribution in [3.8, 4) is 40.2 Å². The number of benzene rings is 4. The van der Waals surface area contributed by atoms with E-state index in [-0.39, 0.29) is 13.2 Å². The van der Waals surface area contributed by atoms with Gasteiger partial charge in [-0.15, -0.1) is 0 Å². The third kappa shape index (κ3) is 7.68. The monoisotopic (exact) mass is 630 g/mol. The Labute approximate surface area is 253 Å². The number of aliphatic hydroxyl groups is 1. The molecule has 1 unspecified atom stereocenters. The Balaban J connectivity index is 1.54. The Morgan fingerprint density at radius 2 is 1.71 bits per heavy atom. The van der Waals surface area contributed by atoms with E-state index in [1.807, 2.05) is 60.7 Å². The SMILES string of the molecule is COc1ccc(-c2cccc(COc3ccc(CNC(C=O)CO)c(OCc4cccc(C#N)c4)c3)c2Br)cc1OC. The first kappa shape index (κ1) is 30.6. The smallest absolute Gasteiger partial charge is 0.161 e. The quantitative estimate of drug-likeness (QED) is 0.168. The van der Waals surface area contributed by atoms with Crippen molar-refractivity contribution in [1.82, 2.24) is 5.32 Å². The molecule has 0 saturated heterocycles. The van der Waals surface area contributed by atoms with Crippen LogP contribution in [0.1, 0.15) is 22.3 Å². The van der Waals surface area contributed by atoms with Gasteiger partial charge in [-0.1, -0.05) is 42.5 Å². The average molecular weight is 632 g/mol. The van der Waals surface area contributed by atoms with Gasteiger partial charge >= 0.3 is 0 Å². The van der Waals surface area contributed by atoms with Crippen LogP contribution in [0.4, 0.5) is 0 Å².